The van der Waals surface area contributed by atoms with Crippen LogP contribution in [0.15, 0.2) is 47.7 Å². The number of hydrogen-bond donors (Lipinski definition) is 1. The molecule has 2 aliphatic carbocycles. The number of allylic oxidation sites excluding steroid dienone is 3. The van der Waals surface area contributed by atoms with Crippen LogP contribution in [-0.4, -0.2) is 17.6 Å². The summed E-state index contributed by atoms with van der Waals surface area (Å²) in [5, 5.41) is 3.78. The van der Waals surface area contributed by atoms with Gasteiger partial charge in [0, 0.05) is 23.2 Å². The van der Waals surface area contributed by atoms with Crippen molar-refractivity contribution in [1.29, 1.82) is 0 Å². The van der Waals surface area contributed by atoms with Crippen LogP contribution in [0, 0.1) is 30.1 Å². The van der Waals surface area contributed by atoms with Gasteiger partial charge in [0.15, 0.2) is 11.6 Å². The number of hydrogen-bond acceptors (Lipinski definition) is 3. The van der Waals surface area contributed by atoms with Crippen molar-refractivity contribution in [3.05, 3.63) is 58.8 Å². The van der Waals surface area contributed by atoms with E-state index < -0.39 is 5.92 Å². The summed E-state index contributed by atoms with van der Waals surface area (Å²) in [4.78, 5) is 26.7. The van der Waals surface area contributed by atoms with Crippen LogP contribution in [0.4, 0.5) is 0 Å². The summed E-state index contributed by atoms with van der Waals surface area (Å²) in [6, 6.07) is 8.93. The molecule has 0 amide bonds. The van der Waals surface area contributed by atoms with E-state index in [9.17, 15) is 9.59 Å². The summed E-state index contributed by atoms with van der Waals surface area (Å²) in [7, 11) is 0. The van der Waals surface area contributed by atoms with Crippen molar-refractivity contribution in [2.24, 2.45) is 23.2 Å². The molecule has 0 bridgehead atoms. The Balaban J connectivity index is 1.72. The fourth-order valence-electron chi connectivity index (χ4n) is 6.11. The predicted molar refractivity (Wildman–Crippen MR) is 126 cm³/mol. The molecule has 0 aromatic heterocycles. The van der Waals surface area contributed by atoms with E-state index in [4.69, 9.17) is 0 Å². The van der Waals surface area contributed by atoms with Crippen LogP contribution in [0.5, 0.6) is 0 Å². The number of Topliss-reactive ketones (excluding diaryl/α,β-unsaturated/α-hetero) is 2. The van der Waals surface area contributed by atoms with Gasteiger partial charge in [0.2, 0.25) is 0 Å². The SMILES string of the molecule is CCC1C(=O)C2=C(NC(CC3(CC)CC=CC3)C2Cc2ccc(C)cc2)C(CC)C1=O. The lowest BCUT2D eigenvalue weighted by atomic mass is 9.70. The second kappa shape index (κ2) is 8.76. The van der Waals surface area contributed by atoms with E-state index in [2.05, 4.69) is 62.5 Å². The molecule has 1 heterocycles. The van der Waals surface area contributed by atoms with Gasteiger partial charge in [0.1, 0.15) is 0 Å². The Kier molecular flexibility index (Phi) is 6.23. The molecule has 4 atom stereocenters. The number of rotatable bonds is 7. The van der Waals surface area contributed by atoms with Crippen LogP contribution < -0.4 is 5.32 Å². The zero-order valence-corrected chi connectivity index (χ0v) is 19.5. The molecule has 0 fully saturated rings. The van der Waals surface area contributed by atoms with Crippen molar-refractivity contribution >= 4 is 11.6 Å². The smallest absolute Gasteiger partial charge is 0.171 e. The zero-order valence-electron chi connectivity index (χ0n) is 19.5. The monoisotopic (exact) mass is 419 g/mol. The fraction of sp³-hybridized carbons (Fsp3) is 0.571. The van der Waals surface area contributed by atoms with Gasteiger partial charge in [-0.1, -0.05) is 62.8 Å². The summed E-state index contributed by atoms with van der Waals surface area (Å²) in [5.41, 5.74) is 4.71. The molecule has 0 saturated heterocycles. The topological polar surface area (TPSA) is 46.2 Å². The number of benzene rings is 1. The molecule has 0 spiro atoms. The van der Waals surface area contributed by atoms with E-state index in [1.165, 1.54) is 11.1 Å². The number of ketones is 2. The van der Waals surface area contributed by atoms with Crippen molar-refractivity contribution in [2.45, 2.75) is 78.7 Å². The first kappa shape index (κ1) is 22.0. The molecule has 4 rings (SSSR count). The molecule has 166 valence electrons. The molecule has 3 heteroatoms. The average Bonchev–Trinajstić information content (AvgIpc) is 3.36. The highest BCUT2D eigenvalue weighted by atomic mass is 16.2. The third-order valence-corrected chi connectivity index (χ3v) is 8.17. The first-order chi connectivity index (χ1) is 14.9. The van der Waals surface area contributed by atoms with Crippen LogP contribution in [0.3, 0.4) is 0 Å². The van der Waals surface area contributed by atoms with E-state index in [-0.39, 0.29) is 34.9 Å². The first-order valence-electron chi connectivity index (χ1n) is 12.2. The number of carbonyl (C=O) groups is 2. The molecule has 1 aromatic carbocycles. The van der Waals surface area contributed by atoms with Gasteiger partial charge in [-0.15, -0.1) is 0 Å². The highest BCUT2D eigenvalue weighted by molar-refractivity contribution is 6.15. The summed E-state index contributed by atoms with van der Waals surface area (Å²) < 4.78 is 0. The van der Waals surface area contributed by atoms with Crippen LogP contribution in [-0.2, 0) is 16.0 Å². The molecule has 4 unspecified atom stereocenters. The molecule has 3 nitrogen and oxygen atoms in total. The largest absolute Gasteiger partial charge is 0.384 e. The van der Waals surface area contributed by atoms with Crippen LogP contribution in [0.1, 0.15) is 70.4 Å². The molecular formula is C28H37NO2. The molecule has 0 saturated carbocycles. The van der Waals surface area contributed by atoms with Gasteiger partial charge in [0.25, 0.3) is 0 Å². The zero-order chi connectivity index (χ0) is 22.2. The average molecular weight is 420 g/mol. The van der Waals surface area contributed by atoms with Gasteiger partial charge >= 0.3 is 0 Å². The Morgan fingerprint density at radius 2 is 1.61 bits per heavy atom. The van der Waals surface area contributed by atoms with E-state index in [0.29, 0.717) is 6.42 Å². The molecule has 1 aliphatic heterocycles. The Bertz CT molecular complexity index is 899. The van der Waals surface area contributed by atoms with Crippen molar-refractivity contribution in [3.63, 3.8) is 0 Å². The van der Waals surface area contributed by atoms with E-state index in [0.717, 1.165) is 49.8 Å². The van der Waals surface area contributed by atoms with Crippen molar-refractivity contribution < 1.29 is 9.59 Å². The van der Waals surface area contributed by atoms with Crippen molar-refractivity contribution in [2.75, 3.05) is 0 Å². The third kappa shape index (κ3) is 3.92. The highest BCUT2D eigenvalue weighted by Crippen LogP contribution is 2.47. The fourth-order valence-corrected chi connectivity index (χ4v) is 6.11. The minimum atomic E-state index is -0.460. The summed E-state index contributed by atoms with van der Waals surface area (Å²) in [6.07, 6.45) is 11.3. The molecule has 3 aliphatic rings. The minimum Gasteiger partial charge on any atom is -0.384 e. The number of aryl methyl sites for hydroxylation is 1. The second-order valence-electron chi connectivity index (χ2n) is 10.0. The lowest BCUT2D eigenvalue weighted by Crippen LogP contribution is -2.39. The predicted octanol–water partition coefficient (Wildman–Crippen LogP) is 5.72. The summed E-state index contributed by atoms with van der Waals surface area (Å²) >= 11 is 0. The maximum Gasteiger partial charge on any atom is 0.171 e. The standard InChI is InChI=1S/C28H37NO2/c1-5-20-25-24(27(31)21(6-2)26(20)30)22(16-19-12-10-18(4)11-13-19)23(29-25)17-28(7-3)14-8-9-15-28/h8-13,20-23,29H,5-7,14-17H2,1-4H3. The summed E-state index contributed by atoms with van der Waals surface area (Å²) in [5.74, 6) is -0.246. The van der Waals surface area contributed by atoms with E-state index in [1.807, 2.05) is 6.92 Å². The van der Waals surface area contributed by atoms with E-state index >= 15 is 0 Å². The lowest BCUT2D eigenvalue weighted by Gasteiger charge is -2.34. The number of carbonyl (C=O) groups excluding carboxylic acids is 2. The Hall–Kier alpha value is -2.16. The van der Waals surface area contributed by atoms with Gasteiger partial charge in [-0.3, -0.25) is 9.59 Å². The number of nitrogens with one attached hydrogen (secondary N) is 1. The van der Waals surface area contributed by atoms with Gasteiger partial charge in [0.05, 0.1) is 11.8 Å². The Morgan fingerprint density at radius 1 is 0.968 bits per heavy atom. The van der Waals surface area contributed by atoms with Crippen LogP contribution in [0.25, 0.3) is 0 Å². The van der Waals surface area contributed by atoms with Crippen molar-refractivity contribution in [1.82, 2.24) is 5.32 Å². The molecule has 31 heavy (non-hydrogen) atoms. The Labute approximate surface area is 187 Å². The normalized spacial score (nSPS) is 29.4. The summed E-state index contributed by atoms with van der Waals surface area (Å²) in [6.45, 7) is 8.45. The molecular weight excluding hydrogens is 382 g/mol. The van der Waals surface area contributed by atoms with Crippen molar-refractivity contribution in [3.8, 4) is 0 Å². The highest BCUT2D eigenvalue weighted by Gasteiger charge is 2.50. The minimum absolute atomic E-state index is 0.0920. The molecule has 1 N–H and O–H groups in total. The second-order valence-corrected chi connectivity index (χ2v) is 10.0. The van der Waals surface area contributed by atoms with Crippen LogP contribution in [0.2, 0.25) is 0 Å². The molecule has 0 radical (unpaired) electrons. The quantitative estimate of drug-likeness (QED) is 0.454. The maximum atomic E-state index is 13.6. The van der Waals surface area contributed by atoms with Gasteiger partial charge in [-0.05, 0) is 62.8 Å². The van der Waals surface area contributed by atoms with Gasteiger partial charge < -0.3 is 5.32 Å². The third-order valence-electron chi connectivity index (χ3n) is 8.17. The Morgan fingerprint density at radius 3 is 2.19 bits per heavy atom. The first-order valence-corrected chi connectivity index (χ1v) is 12.2. The van der Waals surface area contributed by atoms with Crippen LogP contribution >= 0.6 is 0 Å². The maximum absolute atomic E-state index is 13.6. The molecule has 1 aromatic rings. The van der Waals surface area contributed by atoms with Gasteiger partial charge in [-0.2, -0.15) is 0 Å². The lowest BCUT2D eigenvalue weighted by molar-refractivity contribution is -0.134. The van der Waals surface area contributed by atoms with Gasteiger partial charge in [-0.25, -0.2) is 0 Å². The van der Waals surface area contributed by atoms with E-state index in [1.54, 1.807) is 0 Å².